The molecule has 0 unspecified atom stereocenters. The molecule has 1 aliphatic carbocycles. The number of carbonyl (C=O) groups is 1. The van der Waals surface area contributed by atoms with E-state index in [1.807, 2.05) is 30.3 Å². The van der Waals surface area contributed by atoms with Crippen LogP contribution in [0.1, 0.15) is 43.2 Å². The number of rotatable bonds is 4. The smallest absolute Gasteiger partial charge is 0.235 e. The van der Waals surface area contributed by atoms with Crippen molar-refractivity contribution in [2.45, 2.75) is 37.5 Å². The molecule has 1 saturated carbocycles. The maximum atomic E-state index is 13.2. The molecule has 1 fully saturated rings. The van der Waals surface area contributed by atoms with Crippen molar-refractivity contribution in [3.8, 4) is 11.8 Å². The van der Waals surface area contributed by atoms with Gasteiger partial charge in [0.15, 0.2) is 0 Å². The van der Waals surface area contributed by atoms with Crippen LogP contribution in [0, 0.1) is 11.3 Å². The van der Waals surface area contributed by atoms with Gasteiger partial charge in [-0.1, -0.05) is 49.6 Å². The van der Waals surface area contributed by atoms with Crippen molar-refractivity contribution in [3.63, 3.8) is 0 Å². The molecule has 1 aliphatic rings. The van der Waals surface area contributed by atoms with Crippen molar-refractivity contribution in [2.75, 3.05) is 12.4 Å². The quantitative estimate of drug-likeness (QED) is 0.901. The van der Waals surface area contributed by atoms with Crippen LogP contribution in [0.3, 0.4) is 0 Å². The number of carbonyl (C=O) groups excluding carboxylic acids is 1. The SMILES string of the molecule is COc1ccc(NC(=O)C2(c3ccccc3)CCCCC2)cc1C#N. The number of methoxy groups -OCH3 is 1. The number of anilines is 1. The van der Waals surface area contributed by atoms with Gasteiger partial charge in [0.05, 0.1) is 18.1 Å². The Bertz CT molecular complexity index is 787. The molecule has 0 radical (unpaired) electrons. The first kappa shape index (κ1) is 17.0. The van der Waals surface area contributed by atoms with Gasteiger partial charge in [0.1, 0.15) is 11.8 Å². The fourth-order valence-electron chi connectivity index (χ4n) is 3.68. The molecule has 128 valence electrons. The first-order valence-corrected chi connectivity index (χ1v) is 8.65. The number of ether oxygens (including phenoxy) is 1. The predicted molar refractivity (Wildman–Crippen MR) is 97.5 cm³/mol. The van der Waals surface area contributed by atoms with Crippen molar-refractivity contribution in [2.24, 2.45) is 0 Å². The van der Waals surface area contributed by atoms with Gasteiger partial charge in [-0.05, 0) is 36.6 Å². The molecule has 2 aromatic rings. The molecule has 0 saturated heterocycles. The Morgan fingerprint density at radius 1 is 1.12 bits per heavy atom. The summed E-state index contributed by atoms with van der Waals surface area (Å²) in [4.78, 5) is 13.2. The van der Waals surface area contributed by atoms with Crippen LogP contribution in [0.25, 0.3) is 0 Å². The zero-order chi connectivity index (χ0) is 17.7. The van der Waals surface area contributed by atoms with Crippen LogP contribution in [0.5, 0.6) is 5.75 Å². The average molecular weight is 334 g/mol. The summed E-state index contributed by atoms with van der Waals surface area (Å²) < 4.78 is 5.17. The highest BCUT2D eigenvalue weighted by molar-refractivity contribution is 5.99. The van der Waals surface area contributed by atoms with Crippen LogP contribution in [-0.4, -0.2) is 13.0 Å². The Morgan fingerprint density at radius 3 is 2.48 bits per heavy atom. The minimum Gasteiger partial charge on any atom is -0.495 e. The third-order valence-electron chi connectivity index (χ3n) is 5.05. The molecule has 0 bridgehead atoms. The lowest BCUT2D eigenvalue weighted by atomic mass is 9.68. The Balaban J connectivity index is 1.91. The Morgan fingerprint density at radius 2 is 1.84 bits per heavy atom. The zero-order valence-electron chi connectivity index (χ0n) is 14.4. The van der Waals surface area contributed by atoms with Gasteiger partial charge >= 0.3 is 0 Å². The molecule has 0 spiro atoms. The number of amides is 1. The minimum atomic E-state index is -0.494. The number of nitrogens with zero attached hydrogens (tertiary/aromatic N) is 1. The van der Waals surface area contributed by atoms with Crippen LogP contribution in [0.15, 0.2) is 48.5 Å². The number of benzene rings is 2. The monoisotopic (exact) mass is 334 g/mol. The second kappa shape index (κ2) is 7.40. The summed E-state index contributed by atoms with van der Waals surface area (Å²) >= 11 is 0. The van der Waals surface area contributed by atoms with Gasteiger partial charge in [-0.25, -0.2) is 0 Å². The summed E-state index contributed by atoms with van der Waals surface area (Å²) in [5.41, 5.74) is 1.62. The molecule has 0 heterocycles. The molecule has 2 aromatic carbocycles. The first-order chi connectivity index (χ1) is 12.2. The summed E-state index contributed by atoms with van der Waals surface area (Å²) in [5, 5.41) is 12.3. The van der Waals surface area contributed by atoms with Crippen LogP contribution in [0.4, 0.5) is 5.69 Å². The van der Waals surface area contributed by atoms with Crippen LogP contribution < -0.4 is 10.1 Å². The van der Waals surface area contributed by atoms with Gasteiger partial charge < -0.3 is 10.1 Å². The summed E-state index contributed by atoms with van der Waals surface area (Å²) in [6.45, 7) is 0. The number of hydrogen-bond acceptors (Lipinski definition) is 3. The largest absolute Gasteiger partial charge is 0.495 e. The standard InChI is InChI=1S/C21H22N2O2/c1-25-19-11-10-18(14-16(19)15-22)23-20(24)21(12-6-3-7-13-21)17-8-4-2-5-9-17/h2,4-5,8-11,14H,3,6-7,12-13H2,1H3,(H,23,24). The molecule has 4 nitrogen and oxygen atoms in total. The lowest BCUT2D eigenvalue weighted by Gasteiger charge is -2.36. The molecule has 1 amide bonds. The molecule has 0 aliphatic heterocycles. The number of nitrogens with one attached hydrogen (secondary N) is 1. The lowest BCUT2D eigenvalue weighted by molar-refractivity contribution is -0.122. The Hall–Kier alpha value is -2.80. The second-order valence-corrected chi connectivity index (χ2v) is 6.49. The lowest BCUT2D eigenvalue weighted by Crippen LogP contribution is -2.42. The van der Waals surface area contributed by atoms with Crippen molar-refractivity contribution in [3.05, 3.63) is 59.7 Å². The summed E-state index contributed by atoms with van der Waals surface area (Å²) in [6, 6.07) is 17.3. The minimum absolute atomic E-state index is 0.00690. The molecule has 0 aromatic heterocycles. The summed E-state index contributed by atoms with van der Waals surface area (Å²) in [7, 11) is 1.53. The molecule has 1 N–H and O–H groups in total. The molecule has 4 heteroatoms. The van der Waals surface area contributed by atoms with E-state index in [-0.39, 0.29) is 5.91 Å². The van der Waals surface area contributed by atoms with Crippen LogP contribution in [0.2, 0.25) is 0 Å². The molecule has 0 atom stereocenters. The van der Waals surface area contributed by atoms with Gasteiger partial charge in [-0.3, -0.25) is 4.79 Å². The highest BCUT2D eigenvalue weighted by atomic mass is 16.5. The third kappa shape index (κ3) is 3.36. The number of hydrogen-bond donors (Lipinski definition) is 1. The maximum Gasteiger partial charge on any atom is 0.235 e. The van der Waals surface area contributed by atoms with E-state index >= 15 is 0 Å². The first-order valence-electron chi connectivity index (χ1n) is 8.65. The van der Waals surface area contributed by atoms with Crippen molar-refractivity contribution < 1.29 is 9.53 Å². The Labute approximate surface area is 148 Å². The van der Waals surface area contributed by atoms with E-state index in [1.54, 1.807) is 18.2 Å². The van der Waals surface area contributed by atoms with E-state index in [0.717, 1.165) is 31.2 Å². The highest BCUT2D eigenvalue weighted by Gasteiger charge is 2.41. The van der Waals surface area contributed by atoms with E-state index in [0.29, 0.717) is 17.0 Å². The average Bonchev–Trinajstić information content (AvgIpc) is 2.69. The van der Waals surface area contributed by atoms with E-state index in [1.165, 1.54) is 13.5 Å². The fraction of sp³-hybridized carbons (Fsp3) is 0.333. The Kier molecular flexibility index (Phi) is 5.04. The van der Waals surface area contributed by atoms with E-state index < -0.39 is 5.41 Å². The van der Waals surface area contributed by atoms with E-state index in [2.05, 4.69) is 11.4 Å². The van der Waals surface area contributed by atoms with Crippen LogP contribution in [-0.2, 0) is 10.2 Å². The van der Waals surface area contributed by atoms with Gasteiger partial charge in [-0.2, -0.15) is 5.26 Å². The zero-order valence-corrected chi connectivity index (χ0v) is 14.4. The van der Waals surface area contributed by atoms with Gasteiger partial charge in [0.25, 0.3) is 0 Å². The van der Waals surface area contributed by atoms with Gasteiger partial charge in [0, 0.05) is 5.69 Å². The third-order valence-corrected chi connectivity index (χ3v) is 5.05. The second-order valence-electron chi connectivity index (χ2n) is 6.49. The highest BCUT2D eigenvalue weighted by Crippen LogP contribution is 2.40. The molecule has 25 heavy (non-hydrogen) atoms. The normalized spacial score (nSPS) is 15.8. The van der Waals surface area contributed by atoms with Crippen LogP contribution >= 0.6 is 0 Å². The van der Waals surface area contributed by atoms with Crippen molar-refractivity contribution in [1.29, 1.82) is 5.26 Å². The van der Waals surface area contributed by atoms with Gasteiger partial charge in [-0.15, -0.1) is 0 Å². The van der Waals surface area contributed by atoms with E-state index in [4.69, 9.17) is 4.74 Å². The summed E-state index contributed by atoms with van der Waals surface area (Å²) in [5.74, 6) is 0.517. The van der Waals surface area contributed by atoms with Gasteiger partial charge in [0.2, 0.25) is 5.91 Å². The summed E-state index contributed by atoms with van der Waals surface area (Å²) in [6.07, 6.45) is 4.97. The maximum absolute atomic E-state index is 13.2. The van der Waals surface area contributed by atoms with E-state index in [9.17, 15) is 10.1 Å². The topological polar surface area (TPSA) is 62.1 Å². The van der Waals surface area contributed by atoms with Crippen molar-refractivity contribution in [1.82, 2.24) is 0 Å². The molecular weight excluding hydrogens is 312 g/mol. The fourth-order valence-corrected chi connectivity index (χ4v) is 3.68. The predicted octanol–water partition coefficient (Wildman–Crippen LogP) is 4.41. The van der Waals surface area contributed by atoms with Crippen molar-refractivity contribution >= 4 is 11.6 Å². The number of nitriles is 1. The molecule has 3 rings (SSSR count). The molecular formula is C21H22N2O2.